The van der Waals surface area contributed by atoms with E-state index >= 15 is 0 Å². The Labute approximate surface area is 120 Å². The van der Waals surface area contributed by atoms with Crippen molar-refractivity contribution in [1.29, 1.82) is 0 Å². The van der Waals surface area contributed by atoms with E-state index in [1.165, 1.54) is 6.07 Å². The van der Waals surface area contributed by atoms with Crippen LogP contribution in [0.15, 0.2) is 15.4 Å². The van der Waals surface area contributed by atoms with Gasteiger partial charge in [0.2, 0.25) is 10.0 Å². The molecule has 20 heavy (non-hydrogen) atoms. The van der Waals surface area contributed by atoms with E-state index < -0.39 is 10.0 Å². The molecule has 1 aromatic rings. The second kappa shape index (κ2) is 5.87. The van der Waals surface area contributed by atoms with Crippen molar-refractivity contribution in [3.63, 3.8) is 0 Å². The lowest BCUT2D eigenvalue weighted by atomic mass is 9.78. The molecule has 1 fully saturated rings. The molecule has 0 bridgehead atoms. The van der Waals surface area contributed by atoms with Crippen molar-refractivity contribution in [3.8, 4) is 0 Å². The fourth-order valence-corrected chi connectivity index (χ4v) is 4.44. The molecule has 1 aliphatic carbocycles. The van der Waals surface area contributed by atoms with E-state index in [1.807, 2.05) is 0 Å². The van der Waals surface area contributed by atoms with Gasteiger partial charge in [-0.1, -0.05) is 26.7 Å². The van der Waals surface area contributed by atoms with Crippen molar-refractivity contribution >= 4 is 10.0 Å². The molecule has 1 saturated carbocycles. The Hall–Kier alpha value is -0.850. The zero-order valence-corrected chi connectivity index (χ0v) is 13.0. The molecule has 3 unspecified atom stereocenters. The number of nitrogens with one attached hydrogen (secondary N) is 1. The summed E-state index contributed by atoms with van der Waals surface area (Å²) in [5.41, 5.74) is 0. The second-order valence-electron chi connectivity index (χ2n) is 5.79. The van der Waals surface area contributed by atoms with Crippen molar-refractivity contribution in [2.45, 2.75) is 57.6 Å². The highest BCUT2D eigenvalue weighted by atomic mass is 32.2. The number of furan rings is 1. The Morgan fingerprint density at radius 3 is 2.70 bits per heavy atom. The van der Waals surface area contributed by atoms with Gasteiger partial charge in [0.1, 0.15) is 23.0 Å². The van der Waals surface area contributed by atoms with Crippen molar-refractivity contribution in [1.82, 2.24) is 4.72 Å². The maximum Gasteiger partial charge on any atom is 0.244 e. The van der Waals surface area contributed by atoms with Crippen LogP contribution in [0.2, 0.25) is 0 Å². The summed E-state index contributed by atoms with van der Waals surface area (Å²) in [6, 6.07) is 1.37. The standard InChI is InChI=1S/C14H23NO4S/c1-9-5-4-6-13(10(9)2)15-20(17,18)14-7-12(8-16)19-11(14)3/h7,9-10,13,15-16H,4-6,8H2,1-3H3. The minimum absolute atomic E-state index is 0.0318. The van der Waals surface area contributed by atoms with Gasteiger partial charge in [-0.05, 0) is 25.2 Å². The fraction of sp³-hybridized carbons (Fsp3) is 0.714. The van der Waals surface area contributed by atoms with Gasteiger partial charge < -0.3 is 9.52 Å². The number of rotatable bonds is 4. The van der Waals surface area contributed by atoms with Crippen LogP contribution in [0, 0.1) is 18.8 Å². The topological polar surface area (TPSA) is 79.5 Å². The SMILES string of the molecule is Cc1oc(CO)cc1S(=O)(=O)NC1CCCC(C)C1C. The molecule has 2 rings (SSSR count). The third-order valence-corrected chi connectivity index (χ3v) is 5.98. The molecule has 0 radical (unpaired) electrons. The number of hydrogen-bond donors (Lipinski definition) is 2. The summed E-state index contributed by atoms with van der Waals surface area (Å²) in [6.45, 7) is 5.56. The van der Waals surface area contributed by atoms with Crippen LogP contribution < -0.4 is 4.72 Å². The average molecular weight is 301 g/mol. The quantitative estimate of drug-likeness (QED) is 0.893. The highest BCUT2D eigenvalue weighted by Gasteiger charge is 2.32. The maximum absolute atomic E-state index is 12.4. The summed E-state index contributed by atoms with van der Waals surface area (Å²) < 4.78 is 32.9. The normalized spacial score (nSPS) is 27.7. The molecule has 0 amide bonds. The molecule has 1 aliphatic rings. The largest absolute Gasteiger partial charge is 0.462 e. The van der Waals surface area contributed by atoms with E-state index in [9.17, 15) is 8.42 Å². The van der Waals surface area contributed by atoms with Gasteiger partial charge in [-0.3, -0.25) is 0 Å². The van der Waals surface area contributed by atoms with Crippen LogP contribution in [0.4, 0.5) is 0 Å². The van der Waals surface area contributed by atoms with E-state index in [1.54, 1.807) is 6.92 Å². The number of aliphatic hydroxyl groups is 1. The first-order chi connectivity index (χ1) is 9.35. The van der Waals surface area contributed by atoms with Crippen LogP contribution in [0.1, 0.15) is 44.6 Å². The van der Waals surface area contributed by atoms with E-state index in [0.29, 0.717) is 17.6 Å². The number of aliphatic hydroxyl groups excluding tert-OH is 1. The van der Waals surface area contributed by atoms with Gasteiger partial charge >= 0.3 is 0 Å². The Morgan fingerprint density at radius 1 is 1.40 bits per heavy atom. The Bertz CT molecular complexity index is 564. The number of sulfonamides is 1. The highest BCUT2D eigenvalue weighted by Crippen LogP contribution is 2.31. The molecule has 114 valence electrons. The first-order valence-electron chi connectivity index (χ1n) is 7.07. The van der Waals surface area contributed by atoms with E-state index in [-0.39, 0.29) is 23.3 Å². The number of hydrogen-bond acceptors (Lipinski definition) is 4. The molecule has 5 nitrogen and oxygen atoms in total. The average Bonchev–Trinajstić information content (AvgIpc) is 2.77. The molecule has 3 atom stereocenters. The first-order valence-corrected chi connectivity index (χ1v) is 8.56. The molecule has 6 heteroatoms. The molecule has 1 heterocycles. The molecule has 0 spiro atoms. The second-order valence-corrected chi connectivity index (χ2v) is 7.47. The van der Waals surface area contributed by atoms with Crippen LogP contribution in [-0.2, 0) is 16.6 Å². The zero-order valence-electron chi connectivity index (χ0n) is 12.2. The van der Waals surface area contributed by atoms with Crippen molar-refractivity contribution < 1.29 is 17.9 Å². The van der Waals surface area contributed by atoms with Crippen LogP contribution in [-0.4, -0.2) is 19.6 Å². The van der Waals surface area contributed by atoms with Gasteiger partial charge in [0.25, 0.3) is 0 Å². The molecular formula is C14H23NO4S. The lowest BCUT2D eigenvalue weighted by molar-refractivity contribution is 0.227. The summed E-state index contributed by atoms with van der Waals surface area (Å²) in [5, 5.41) is 9.03. The molecule has 0 saturated heterocycles. The van der Waals surface area contributed by atoms with Gasteiger partial charge in [0, 0.05) is 12.1 Å². The van der Waals surface area contributed by atoms with E-state index in [4.69, 9.17) is 9.52 Å². The third kappa shape index (κ3) is 3.07. The lowest BCUT2D eigenvalue weighted by Gasteiger charge is -2.34. The minimum Gasteiger partial charge on any atom is -0.462 e. The van der Waals surface area contributed by atoms with Crippen molar-refractivity contribution in [2.75, 3.05) is 0 Å². The summed E-state index contributed by atoms with van der Waals surface area (Å²) >= 11 is 0. The zero-order chi connectivity index (χ0) is 14.9. The maximum atomic E-state index is 12.4. The molecular weight excluding hydrogens is 278 g/mol. The summed E-state index contributed by atoms with van der Waals surface area (Å²) in [5.74, 6) is 1.43. The summed E-state index contributed by atoms with van der Waals surface area (Å²) in [6.07, 6.45) is 3.07. The van der Waals surface area contributed by atoms with E-state index in [0.717, 1.165) is 19.3 Å². The third-order valence-electron chi connectivity index (χ3n) is 4.38. The molecule has 2 N–H and O–H groups in total. The highest BCUT2D eigenvalue weighted by molar-refractivity contribution is 7.89. The van der Waals surface area contributed by atoms with Crippen LogP contribution in [0.3, 0.4) is 0 Å². The minimum atomic E-state index is -3.59. The van der Waals surface area contributed by atoms with Gasteiger partial charge in [-0.15, -0.1) is 0 Å². The molecule has 0 aromatic carbocycles. The van der Waals surface area contributed by atoms with Crippen LogP contribution >= 0.6 is 0 Å². The summed E-state index contributed by atoms with van der Waals surface area (Å²) in [4.78, 5) is 0.131. The monoisotopic (exact) mass is 301 g/mol. The molecule has 0 aliphatic heterocycles. The molecule has 1 aromatic heterocycles. The van der Waals surface area contributed by atoms with Crippen molar-refractivity contribution in [3.05, 3.63) is 17.6 Å². The van der Waals surface area contributed by atoms with E-state index in [2.05, 4.69) is 18.6 Å². The first kappa shape index (κ1) is 15.5. The van der Waals surface area contributed by atoms with Gasteiger partial charge in [0.15, 0.2) is 0 Å². The predicted octanol–water partition coefficient (Wildman–Crippen LogP) is 2.18. The van der Waals surface area contributed by atoms with Crippen molar-refractivity contribution in [2.24, 2.45) is 11.8 Å². The predicted molar refractivity (Wildman–Crippen MR) is 75.7 cm³/mol. The Kier molecular flexibility index (Phi) is 4.56. The van der Waals surface area contributed by atoms with Crippen LogP contribution in [0.25, 0.3) is 0 Å². The Morgan fingerprint density at radius 2 is 2.10 bits per heavy atom. The van der Waals surface area contributed by atoms with Gasteiger partial charge in [0.05, 0.1) is 0 Å². The smallest absolute Gasteiger partial charge is 0.244 e. The summed E-state index contributed by atoms with van der Waals surface area (Å²) in [7, 11) is -3.59. The number of aryl methyl sites for hydroxylation is 1. The van der Waals surface area contributed by atoms with Gasteiger partial charge in [-0.25, -0.2) is 13.1 Å². The van der Waals surface area contributed by atoms with Crippen LogP contribution in [0.5, 0.6) is 0 Å². The Balaban J connectivity index is 2.20. The fourth-order valence-electron chi connectivity index (χ4n) is 2.88. The van der Waals surface area contributed by atoms with Gasteiger partial charge in [-0.2, -0.15) is 0 Å². The lowest BCUT2D eigenvalue weighted by Crippen LogP contribution is -2.43.